The van der Waals surface area contributed by atoms with Crippen LogP contribution in [0.1, 0.15) is 0 Å². The Morgan fingerprint density at radius 2 is 1.67 bits per heavy atom. The predicted molar refractivity (Wildman–Crippen MR) is 42.2 cm³/mol. The van der Waals surface area contributed by atoms with Crippen molar-refractivity contribution in [1.82, 2.24) is 0 Å². The summed E-state index contributed by atoms with van der Waals surface area (Å²) in [5.41, 5.74) is -0.660. The molecule has 0 spiro atoms. The number of rotatable bonds is 1. The molecule has 59 valence electrons. The van der Waals surface area contributed by atoms with Crippen LogP contribution in [0.2, 0.25) is 0 Å². The van der Waals surface area contributed by atoms with Crippen LogP contribution in [0, 0.1) is 10.1 Å². The van der Waals surface area contributed by atoms with Crippen molar-refractivity contribution in [3.8, 4) is 11.5 Å². The zero-order valence-electron chi connectivity index (χ0n) is 6.39. The standard InChI is InChI=1S/C6H5NO4.Na/c8-4-2-1-3-5(9)6(4)7(10)11;/h1-3,8-9H;. The van der Waals surface area contributed by atoms with Gasteiger partial charge in [-0.05, 0) is 12.1 Å². The zero-order valence-corrected chi connectivity index (χ0v) is 8.39. The van der Waals surface area contributed by atoms with Gasteiger partial charge in [0.2, 0.25) is 0 Å². The Bertz CT molecular complexity index is 281. The summed E-state index contributed by atoms with van der Waals surface area (Å²) in [7, 11) is 0. The molecule has 1 radical (unpaired) electrons. The predicted octanol–water partition coefficient (Wildman–Crippen LogP) is 0.625. The van der Waals surface area contributed by atoms with E-state index in [0.717, 1.165) is 12.1 Å². The summed E-state index contributed by atoms with van der Waals surface area (Å²) in [5.74, 6) is -1.06. The van der Waals surface area contributed by atoms with E-state index >= 15 is 0 Å². The number of hydrogen-bond donors (Lipinski definition) is 2. The summed E-state index contributed by atoms with van der Waals surface area (Å²) in [6.07, 6.45) is 0. The summed E-state index contributed by atoms with van der Waals surface area (Å²) in [5, 5.41) is 27.8. The van der Waals surface area contributed by atoms with E-state index in [1.54, 1.807) is 0 Å². The summed E-state index contributed by atoms with van der Waals surface area (Å²) in [6.45, 7) is 0. The number of para-hydroxylation sites is 1. The van der Waals surface area contributed by atoms with Gasteiger partial charge in [0.25, 0.3) is 0 Å². The largest absolute Gasteiger partial charge is 0.502 e. The molecule has 1 aromatic carbocycles. The normalized spacial score (nSPS) is 8.67. The number of phenols is 2. The van der Waals surface area contributed by atoms with Crippen molar-refractivity contribution in [2.45, 2.75) is 0 Å². The minimum atomic E-state index is -0.843. The SMILES string of the molecule is O=[N+]([O-])c1c(O)cccc1O.[Na]. The molecule has 0 amide bonds. The molecule has 0 bridgehead atoms. The van der Waals surface area contributed by atoms with Crippen molar-refractivity contribution in [3.63, 3.8) is 0 Å². The van der Waals surface area contributed by atoms with Crippen LogP contribution >= 0.6 is 0 Å². The van der Waals surface area contributed by atoms with Crippen molar-refractivity contribution in [2.75, 3.05) is 0 Å². The van der Waals surface area contributed by atoms with E-state index < -0.39 is 22.1 Å². The first-order valence-corrected chi connectivity index (χ1v) is 2.78. The van der Waals surface area contributed by atoms with E-state index in [4.69, 9.17) is 10.2 Å². The number of phenolic OH excluding ortho intramolecular Hbond substituents is 2. The molecule has 12 heavy (non-hydrogen) atoms. The van der Waals surface area contributed by atoms with Gasteiger partial charge in [-0.1, -0.05) is 6.07 Å². The second-order valence-electron chi connectivity index (χ2n) is 1.90. The molecule has 0 aliphatic carbocycles. The average Bonchev–Trinajstić information content (AvgIpc) is 1.85. The number of nitro benzene ring substituents is 1. The molecule has 0 atom stereocenters. The maximum absolute atomic E-state index is 10.1. The van der Waals surface area contributed by atoms with Crippen LogP contribution in [-0.4, -0.2) is 44.7 Å². The molecule has 0 saturated heterocycles. The molecular formula is C6H5NNaO4. The van der Waals surface area contributed by atoms with Crippen LogP contribution in [0.15, 0.2) is 18.2 Å². The number of hydrogen-bond acceptors (Lipinski definition) is 4. The van der Waals surface area contributed by atoms with E-state index in [0.29, 0.717) is 0 Å². The minimum absolute atomic E-state index is 0. The van der Waals surface area contributed by atoms with Gasteiger partial charge in [-0.15, -0.1) is 0 Å². The van der Waals surface area contributed by atoms with E-state index in [9.17, 15) is 10.1 Å². The van der Waals surface area contributed by atoms with Crippen LogP contribution in [0.3, 0.4) is 0 Å². The van der Waals surface area contributed by atoms with Crippen LogP contribution < -0.4 is 0 Å². The maximum Gasteiger partial charge on any atom is 0.351 e. The number of nitro groups is 1. The fourth-order valence-corrected chi connectivity index (χ4v) is 0.707. The molecular weight excluding hydrogens is 173 g/mol. The van der Waals surface area contributed by atoms with Gasteiger partial charge in [0.05, 0.1) is 4.92 Å². The maximum atomic E-state index is 10.1. The average molecular weight is 178 g/mol. The van der Waals surface area contributed by atoms with Crippen molar-refractivity contribution in [3.05, 3.63) is 28.3 Å². The third-order valence-corrected chi connectivity index (χ3v) is 1.18. The monoisotopic (exact) mass is 178 g/mol. The van der Waals surface area contributed by atoms with Crippen molar-refractivity contribution >= 4 is 35.2 Å². The Hall–Kier alpha value is -0.780. The molecule has 0 aromatic heterocycles. The van der Waals surface area contributed by atoms with E-state index in [-0.39, 0.29) is 29.6 Å². The van der Waals surface area contributed by atoms with Gasteiger partial charge < -0.3 is 10.2 Å². The summed E-state index contributed by atoms with van der Waals surface area (Å²) < 4.78 is 0. The number of benzene rings is 1. The topological polar surface area (TPSA) is 83.6 Å². The first kappa shape index (κ1) is 11.2. The molecule has 1 rings (SSSR count). The molecule has 1 aromatic rings. The van der Waals surface area contributed by atoms with Gasteiger partial charge in [-0.25, -0.2) is 0 Å². The molecule has 6 heteroatoms. The Morgan fingerprint density at radius 1 is 1.25 bits per heavy atom. The van der Waals surface area contributed by atoms with Crippen LogP contribution in [0.5, 0.6) is 11.5 Å². The van der Waals surface area contributed by atoms with Crippen LogP contribution in [0.4, 0.5) is 5.69 Å². The van der Waals surface area contributed by atoms with Gasteiger partial charge in [-0.2, -0.15) is 0 Å². The Kier molecular flexibility index (Phi) is 4.02. The van der Waals surface area contributed by atoms with E-state index in [1.165, 1.54) is 6.07 Å². The number of aromatic hydroxyl groups is 2. The Labute approximate surface area is 90.1 Å². The second-order valence-corrected chi connectivity index (χ2v) is 1.90. The van der Waals surface area contributed by atoms with E-state index in [1.807, 2.05) is 0 Å². The van der Waals surface area contributed by atoms with Crippen LogP contribution in [0.25, 0.3) is 0 Å². The first-order valence-electron chi connectivity index (χ1n) is 2.78. The Balaban J connectivity index is 0.00000121. The second kappa shape index (κ2) is 4.30. The summed E-state index contributed by atoms with van der Waals surface area (Å²) in [4.78, 5) is 9.29. The van der Waals surface area contributed by atoms with Gasteiger partial charge in [-0.3, -0.25) is 10.1 Å². The molecule has 0 aliphatic heterocycles. The Morgan fingerprint density at radius 3 is 1.92 bits per heavy atom. The van der Waals surface area contributed by atoms with Gasteiger partial charge in [0, 0.05) is 29.6 Å². The molecule has 0 fully saturated rings. The summed E-state index contributed by atoms with van der Waals surface area (Å²) in [6, 6.07) is 3.59. The van der Waals surface area contributed by atoms with Crippen molar-refractivity contribution in [1.29, 1.82) is 0 Å². The van der Waals surface area contributed by atoms with Crippen molar-refractivity contribution < 1.29 is 15.1 Å². The van der Waals surface area contributed by atoms with Gasteiger partial charge in [0.15, 0.2) is 11.5 Å². The van der Waals surface area contributed by atoms with Crippen LogP contribution in [-0.2, 0) is 0 Å². The fourth-order valence-electron chi connectivity index (χ4n) is 0.707. The quantitative estimate of drug-likeness (QED) is 0.375. The fraction of sp³-hybridized carbons (Fsp3) is 0. The molecule has 5 nitrogen and oxygen atoms in total. The first-order chi connectivity index (χ1) is 5.13. The van der Waals surface area contributed by atoms with Gasteiger partial charge in [0.1, 0.15) is 0 Å². The molecule has 0 heterocycles. The molecule has 0 aliphatic rings. The van der Waals surface area contributed by atoms with Gasteiger partial charge >= 0.3 is 5.69 Å². The van der Waals surface area contributed by atoms with Crippen molar-refractivity contribution in [2.24, 2.45) is 0 Å². The van der Waals surface area contributed by atoms with E-state index in [2.05, 4.69) is 0 Å². The minimum Gasteiger partial charge on any atom is -0.502 e. The molecule has 0 unspecified atom stereocenters. The smallest absolute Gasteiger partial charge is 0.351 e. The zero-order chi connectivity index (χ0) is 8.43. The number of nitrogens with zero attached hydrogens (tertiary/aromatic N) is 1. The molecule has 2 N–H and O–H groups in total. The third kappa shape index (κ3) is 2.10. The third-order valence-electron chi connectivity index (χ3n) is 1.18. The molecule has 0 saturated carbocycles. The summed E-state index contributed by atoms with van der Waals surface area (Å²) >= 11 is 0.